The predicted molar refractivity (Wildman–Crippen MR) is 75.2 cm³/mol. The first-order chi connectivity index (χ1) is 9.47. The van der Waals surface area contributed by atoms with E-state index in [4.69, 9.17) is 19.3 Å². The minimum Gasteiger partial charge on any atom is -0.463 e. The molecule has 0 aromatic heterocycles. The van der Waals surface area contributed by atoms with Crippen molar-refractivity contribution in [1.29, 1.82) is 0 Å². The van der Waals surface area contributed by atoms with Crippen LogP contribution in [0.5, 0.6) is 0 Å². The number of ether oxygens (including phenoxy) is 3. The number of cyclic esters (lactones) is 1. The molecule has 3 saturated heterocycles. The molecule has 0 amide bonds. The van der Waals surface area contributed by atoms with Crippen LogP contribution in [0.1, 0.15) is 59.3 Å². The summed E-state index contributed by atoms with van der Waals surface area (Å²) in [5.41, 5.74) is 0. The summed E-state index contributed by atoms with van der Waals surface area (Å²) in [5, 5.41) is 8.68. The van der Waals surface area contributed by atoms with E-state index in [9.17, 15) is 4.79 Å². The Hall–Kier alpha value is -0.650. The highest BCUT2D eigenvalue weighted by Crippen LogP contribution is 2.15. The van der Waals surface area contributed by atoms with E-state index in [1.54, 1.807) is 0 Å². The van der Waals surface area contributed by atoms with E-state index in [-0.39, 0.29) is 18.2 Å². The lowest BCUT2D eigenvalue weighted by molar-refractivity contribution is -0.140. The molecule has 5 nitrogen and oxygen atoms in total. The smallest absolute Gasteiger partial charge is 0.306 e. The van der Waals surface area contributed by atoms with Gasteiger partial charge in [-0.25, -0.2) is 0 Å². The van der Waals surface area contributed by atoms with Gasteiger partial charge in [-0.2, -0.15) is 0 Å². The topological polar surface area (TPSA) is 65.0 Å². The fourth-order valence-electron chi connectivity index (χ4n) is 2.18. The highest BCUT2D eigenvalue weighted by molar-refractivity contribution is 5.71. The van der Waals surface area contributed by atoms with Crippen LogP contribution in [0.3, 0.4) is 0 Å². The van der Waals surface area contributed by atoms with Crippen LogP contribution in [0.15, 0.2) is 0 Å². The second-order valence-electron chi connectivity index (χ2n) is 5.64. The molecule has 5 heteroatoms. The van der Waals surface area contributed by atoms with Crippen LogP contribution in [-0.2, 0) is 19.0 Å². The van der Waals surface area contributed by atoms with Crippen LogP contribution >= 0.6 is 0 Å². The quantitative estimate of drug-likeness (QED) is 0.693. The van der Waals surface area contributed by atoms with E-state index < -0.39 is 6.29 Å². The molecule has 0 bridgehead atoms. The van der Waals surface area contributed by atoms with E-state index in [2.05, 4.69) is 6.92 Å². The zero-order valence-corrected chi connectivity index (χ0v) is 12.8. The molecule has 4 atom stereocenters. The minimum atomic E-state index is -0.477. The number of aliphatic hydroxyl groups is 1. The third-order valence-electron chi connectivity index (χ3n) is 3.45. The van der Waals surface area contributed by atoms with Crippen molar-refractivity contribution in [2.45, 2.75) is 83.9 Å². The molecular formula is C15H28O5. The Morgan fingerprint density at radius 2 is 1.75 bits per heavy atom. The summed E-state index contributed by atoms with van der Waals surface area (Å²) in [7, 11) is 0. The van der Waals surface area contributed by atoms with Gasteiger partial charge in [0.05, 0.1) is 18.3 Å². The molecule has 3 aliphatic rings. The van der Waals surface area contributed by atoms with Gasteiger partial charge in [-0.1, -0.05) is 0 Å². The molecule has 20 heavy (non-hydrogen) atoms. The molecule has 0 spiro atoms. The van der Waals surface area contributed by atoms with Gasteiger partial charge < -0.3 is 19.3 Å². The first-order valence-electron chi connectivity index (χ1n) is 7.62. The summed E-state index contributed by atoms with van der Waals surface area (Å²) < 4.78 is 14.8. The molecular weight excluding hydrogens is 260 g/mol. The molecule has 0 aliphatic carbocycles. The third kappa shape index (κ3) is 7.82. The maximum absolute atomic E-state index is 10.2. The van der Waals surface area contributed by atoms with Gasteiger partial charge in [0.15, 0.2) is 6.29 Å². The standard InChI is InChI=1S/C5H10O2.C5H8O2.C5H10O/c2*1-4-2-3-5(6)7-4;1-5-3-2-4-6-5/h4-6H,2-3H2,1H3;4H,2-3H2,1H3;5H,2-4H2,1H3. The Morgan fingerprint density at radius 1 is 1.00 bits per heavy atom. The monoisotopic (exact) mass is 288 g/mol. The number of esters is 1. The second kappa shape index (κ2) is 9.32. The summed E-state index contributed by atoms with van der Waals surface area (Å²) in [6.45, 7) is 6.98. The number of rotatable bonds is 0. The number of hydrogen-bond donors (Lipinski definition) is 1. The lowest BCUT2D eigenvalue weighted by atomic mass is 10.3. The van der Waals surface area contributed by atoms with Crippen LogP contribution in [0.4, 0.5) is 0 Å². The molecule has 3 fully saturated rings. The molecule has 3 heterocycles. The highest BCUT2D eigenvalue weighted by Gasteiger charge is 2.18. The predicted octanol–water partition coefficient (Wildman–Crippen LogP) is 2.40. The van der Waals surface area contributed by atoms with Crippen molar-refractivity contribution in [3.8, 4) is 0 Å². The van der Waals surface area contributed by atoms with Gasteiger partial charge in [0.25, 0.3) is 0 Å². The number of carbonyl (C=O) groups excluding carboxylic acids is 1. The molecule has 118 valence electrons. The van der Waals surface area contributed by atoms with Crippen LogP contribution in [0.2, 0.25) is 0 Å². The van der Waals surface area contributed by atoms with Gasteiger partial charge in [0, 0.05) is 19.4 Å². The molecule has 0 radical (unpaired) electrons. The van der Waals surface area contributed by atoms with Crippen molar-refractivity contribution in [2.24, 2.45) is 0 Å². The second-order valence-corrected chi connectivity index (χ2v) is 5.64. The average Bonchev–Trinajstić information content (AvgIpc) is 3.07. The van der Waals surface area contributed by atoms with Gasteiger partial charge in [-0.05, 0) is 46.5 Å². The largest absolute Gasteiger partial charge is 0.463 e. The lowest BCUT2D eigenvalue weighted by Crippen LogP contribution is -2.05. The Morgan fingerprint density at radius 3 is 1.90 bits per heavy atom. The zero-order chi connectivity index (χ0) is 15.0. The molecule has 0 aromatic rings. The summed E-state index contributed by atoms with van der Waals surface area (Å²) >= 11 is 0. The van der Waals surface area contributed by atoms with E-state index in [1.165, 1.54) is 12.8 Å². The fourth-order valence-corrected chi connectivity index (χ4v) is 2.18. The molecule has 3 rings (SSSR count). The summed E-state index contributed by atoms with van der Waals surface area (Å²) in [4.78, 5) is 10.2. The van der Waals surface area contributed by atoms with Gasteiger partial charge in [-0.15, -0.1) is 0 Å². The zero-order valence-electron chi connectivity index (χ0n) is 12.8. The van der Waals surface area contributed by atoms with Crippen LogP contribution < -0.4 is 0 Å². The van der Waals surface area contributed by atoms with E-state index >= 15 is 0 Å². The van der Waals surface area contributed by atoms with Crippen molar-refractivity contribution >= 4 is 5.97 Å². The number of aliphatic hydroxyl groups excluding tert-OH is 1. The van der Waals surface area contributed by atoms with Gasteiger partial charge in [0.1, 0.15) is 0 Å². The minimum absolute atomic E-state index is 0.0486. The van der Waals surface area contributed by atoms with E-state index in [1.807, 2.05) is 13.8 Å². The molecule has 0 saturated carbocycles. The Balaban J connectivity index is 0.000000151. The third-order valence-corrected chi connectivity index (χ3v) is 3.45. The average molecular weight is 288 g/mol. The lowest BCUT2D eigenvalue weighted by Gasteiger charge is -2.00. The van der Waals surface area contributed by atoms with Gasteiger partial charge >= 0.3 is 5.97 Å². The molecule has 1 N–H and O–H groups in total. The first-order valence-corrected chi connectivity index (χ1v) is 7.62. The highest BCUT2D eigenvalue weighted by atomic mass is 16.6. The molecule has 3 aliphatic heterocycles. The fraction of sp³-hybridized carbons (Fsp3) is 0.933. The van der Waals surface area contributed by atoms with Crippen molar-refractivity contribution in [2.75, 3.05) is 6.61 Å². The van der Waals surface area contributed by atoms with Gasteiger partial charge in [0.2, 0.25) is 0 Å². The van der Waals surface area contributed by atoms with Crippen LogP contribution in [-0.4, -0.2) is 42.3 Å². The maximum atomic E-state index is 10.2. The maximum Gasteiger partial charge on any atom is 0.306 e. The summed E-state index contributed by atoms with van der Waals surface area (Å²) in [6, 6.07) is 0. The Kier molecular flexibility index (Phi) is 8.11. The summed E-state index contributed by atoms with van der Waals surface area (Å²) in [6.07, 6.45) is 6.37. The van der Waals surface area contributed by atoms with Crippen molar-refractivity contribution in [3.05, 3.63) is 0 Å². The van der Waals surface area contributed by atoms with Crippen molar-refractivity contribution in [3.63, 3.8) is 0 Å². The molecule has 4 unspecified atom stereocenters. The van der Waals surface area contributed by atoms with Crippen LogP contribution in [0, 0.1) is 0 Å². The van der Waals surface area contributed by atoms with E-state index in [0.29, 0.717) is 12.5 Å². The van der Waals surface area contributed by atoms with Gasteiger partial charge in [-0.3, -0.25) is 4.79 Å². The van der Waals surface area contributed by atoms with Crippen molar-refractivity contribution < 1.29 is 24.1 Å². The van der Waals surface area contributed by atoms with E-state index in [0.717, 1.165) is 25.9 Å². The first kappa shape index (κ1) is 17.4. The SMILES string of the molecule is CC1CCC(=O)O1.CC1CCC(O)O1.CC1CCCO1. The Bertz CT molecular complexity index is 267. The number of hydrogen-bond acceptors (Lipinski definition) is 5. The number of carbonyl (C=O) groups is 1. The normalized spacial score (nSPS) is 35.7. The summed E-state index contributed by atoms with van der Waals surface area (Å²) in [5.74, 6) is -0.0486. The van der Waals surface area contributed by atoms with Crippen LogP contribution in [0.25, 0.3) is 0 Å². The Labute approximate surface area is 121 Å². The molecule has 0 aromatic carbocycles. The van der Waals surface area contributed by atoms with Crippen molar-refractivity contribution in [1.82, 2.24) is 0 Å².